The van der Waals surface area contributed by atoms with Gasteiger partial charge in [0.2, 0.25) is 0 Å². The largest absolute Gasteiger partial charge is 0.274 e. The van der Waals surface area contributed by atoms with Crippen molar-refractivity contribution in [3.8, 4) is 17.2 Å². The van der Waals surface area contributed by atoms with Crippen molar-refractivity contribution in [3.63, 3.8) is 0 Å². The molecule has 21 heavy (non-hydrogen) atoms. The molecule has 0 fully saturated rings. The zero-order valence-corrected chi connectivity index (χ0v) is 12.9. The fraction of sp³-hybridized carbons (Fsp3) is 0.429. The van der Waals surface area contributed by atoms with Gasteiger partial charge in [-0.15, -0.1) is 0 Å². The molecule has 3 rings (SSSR count). The Morgan fingerprint density at radius 2 is 1.90 bits per heavy atom. The first-order chi connectivity index (χ1) is 9.95. The highest BCUT2D eigenvalue weighted by Crippen LogP contribution is 2.22. The summed E-state index contributed by atoms with van der Waals surface area (Å²) in [7, 11) is 1.88. The minimum Gasteiger partial charge on any atom is -0.274 e. The van der Waals surface area contributed by atoms with Crippen LogP contribution < -0.4 is 0 Å². The van der Waals surface area contributed by atoms with Crippen LogP contribution in [0.3, 0.4) is 0 Å². The molecule has 3 heterocycles. The van der Waals surface area contributed by atoms with E-state index in [0.29, 0.717) is 11.9 Å². The summed E-state index contributed by atoms with van der Waals surface area (Å²) in [5, 5.41) is 13.3. The highest BCUT2D eigenvalue weighted by Gasteiger charge is 2.17. The number of rotatable bonds is 3. The Balaban J connectivity index is 2.13. The molecule has 0 spiro atoms. The van der Waals surface area contributed by atoms with Gasteiger partial charge in [-0.05, 0) is 33.8 Å². The quantitative estimate of drug-likeness (QED) is 0.739. The zero-order chi connectivity index (χ0) is 15.1. The SMILES string of the molecule is Cc1nc(-c2cc(C)n(C(C)C)n2)n(-c2cnn(C)c2)n1. The van der Waals surface area contributed by atoms with Gasteiger partial charge >= 0.3 is 0 Å². The smallest absolute Gasteiger partial charge is 0.183 e. The summed E-state index contributed by atoms with van der Waals surface area (Å²) in [6, 6.07) is 2.35. The lowest BCUT2D eigenvalue weighted by atomic mass is 10.3. The van der Waals surface area contributed by atoms with Crippen LogP contribution in [0.15, 0.2) is 18.5 Å². The average molecular weight is 285 g/mol. The van der Waals surface area contributed by atoms with Gasteiger partial charge in [-0.25, -0.2) is 9.67 Å². The normalized spacial score (nSPS) is 11.5. The van der Waals surface area contributed by atoms with Crippen LogP contribution in [0.2, 0.25) is 0 Å². The first-order valence-electron chi connectivity index (χ1n) is 6.95. The predicted molar refractivity (Wildman–Crippen MR) is 79.2 cm³/mol. The van der Waals surface area contributed by atoms with Gasteiger partial charge in [-0.3, -0.25) is 9.36 Å². The summed E-state index contributed by atoms with van der Waals surface area (Å²) >= 11 is 0. The zero-order valence-electron chi connectivity index (χ0n) is 12.9. The van der Waals surface area contributed by atoms with Gasteiger partial charge in [0.25, 0.3) is 0 Å². The lowest BCUT2D eigenvalue weighted by Crippen LogP contribution is -2.05. The number of hydrogen-bond donors (Lipinski definition) is 0. The topological polar surface area (TPSA) is 66.3 Å². The molecule has 0 bridgehead atoms. The molecule has 3 aromatic rings. The maximum Gasteiger partial charge on any atom is 0.183 e. The summed E-state index contributed by atoms with van der Waals surface area (Å²) in [6.07, 6.45) is 3.67. The molecule has 0 radical (unpaired) electrons. The number of hydrogen-bond acceptors (Lipinski definition) is 4. The van der Waals surface area contributed by atoms with Gasteiger partial charge in [0.1, 0.15) is 17.2 Å². The molecule has 3 aromatic heterocycles. The Morgan fingerprint density at radius 3 is 2.48 bits per heavy atom. The van der Waals surface area contributed by atoms with Crippen molar-refractivity contribution >= 4 is 0 Å². The molecule has 0 aliphatic rings. The van der Waals surface area contributed by atoms with E-state index in [4.69, 9.17) is 0 Å². The van der Waals surface area contributed by atoms with Gasteiger partial charge in [0, 0.05) is 18.8 Å². The van der Waals surface area contributed by atoms with E-state index in [0.717, 1.165) is 22.9 Å². The molecule has 0 unspecified atom stereocenters. The van der Waals surface area contributed by atoms with E-state index in [2.05, 4.69) is 34.1 Å². The van der Waals surface area contributed by atoms with E-state index in [1.54, 1.807) is 15.6 Å². The van der Waals surface area contributed by atoms with Crippen molar-refractivity contribution in [2.75, 3.05) is 0 Å². The summed E-state index contributed by atoms with van der Waals surface area (Å²) < 4.78 is 5.52. The number of aryl methyl sites for hydroxylation is 3. The lowest BCUT2D eigenvalue weighted by molar-refractivity contribution is 0.520. The molecule has 7 heteroatoms. The second-order valence-electron chi connectivity index (χ2n) is 5.48. The van der Waals surface area contributed by atoms with Crippen LogP contribution in [-0.4, -0.2) is 34.3 Å². The van der Waals surface area contributed by atoms with E-state index < -0.39 is 0 Å². The Bertz CT molecular complexity index is 775. The first-order valence-corrected chi connectivity index (χ1v) is 6.95. The lowest BCUT2D eigenvalue weighted by Gasteiger charge is -2.07. The van der Waals surface area contributed by atoms with Gasteiger partial charge in [0.15, 0.2) is 5.82 Å². The molecule has 0 atom stereocenters. The summed E-state index contributed by atoms with van der Waals surface area (Å²) in [5.41, 5.74) is 2.81. The van der Waals surface area contributed by atoms with Gasteiger partial charge < -0.3 is 0 Å². The Morgan fingerprint density at radius 1 is 1.14 bits per heavy atom. The highest BCUT2D eigenvalue weighted by atomic mass is 15.4. The predicted octanol–water partition coefficient (Wildman–Crippen LogP) is 2.06. The third-order valence-electron chi connectivity index (χ3n) is 3.29. The molecule has 0 amide bonds. The summed E-state index contributed by atoms with van der Waals surface area (Å²) in [6.45, 7) is 8.15. The molecule has 0 aliphatic heterocycles. The van der Waals surface area contributed by atoms with Crippen molar-refractivity contribution in [3.05, 3.63) is 30.0 Å². The molecular weight excluding hydrogens is 266 g/mol. The van der Waals surface area contributed by atoms with Crippen molar-refractivity contribution < 1.29 is 0 Å². The van der Waals surface area contributed by atoms with Crippen molar-refractivity contribution in [2.45, 2.75) is 33.7 Å². The minimum absolute atomic E-state index is 0.314. The fourth-order valence-electron chi connectivity index (χ4n) is 2.40. The van der Waals surface area contributed by atoms with E-state index in [-0.39, 0.29) is 0 Å². The van der Waals surface area contributed by atoms with Gasteiger partial charge in [0.05, 0.1) is 12.4 Å². The standard InChI is InChI=1S/C14H19N7/c1-9(2)20-10(3)6-13(18-20)14-16-11(4)17-21(14)12-7-15-19(5)8-12/h6-9H,1-5H3. The molecule has 0 aromatic carbocycles. The molecule has 0 aliphatic carbocycles. The second kappa shape index (κ2) is 4.83. The van der Waals surface area contributed by atoms with E-state index in [1.807, 2.05) is 37.8 Å². The van der Waals surface area contributed by atoms with Crippen LogP contribution in [0.1, 0.15) is 31.4 Å². The van der Waals surface area contributed by atoms with Gasteiger partial charge in [-0.1, -0.05) is 0 Å². The van der Waals surface area contributed by atoms with Crippen LogP contribution >= 0.6 is 0 Å². The highest BCUT2D eigenvalue weighted by molar-refractivity contribution is 5.53. The van der Waals surface area contributed by atoms with Crippen LogP contribution in [0.5, 0.6) is 0 Å². The monoisotopic (exact) mass is 285 g/mol. The van der Waals surface area contributed by atoms with Crippen molar-refractivity contribution in [2.24, 2.45) is 7.05 Å². The molecule has 0 saturated heterocycles. The molecule has 0 saturated carbocycles. The third kappa shape index (κ3) is 2.35. The molecule has 7 nitrogen and oxygen atoms in total. The van der Waals surface area contributed by atoms with Crippen molar-refractivity contribution in [1.82, 2.24) is 34.3 Å². The average Bonchev–Trinajstić information content (AvgIpc) is 3.07. The molecule has 0 N–H and O–H groups in total. The Labute approximate surface area is 123 Å². The number of aromatic nitrogens is 7. The summed E-state index contributed by atoms with van der Waals surface area (Å²) in [5.74, 6) is 1.45. The van der Waals surface area contributed by atoms with Crippen LogP contribution in [-0.2, 0) is 7.05 Å². The van der Waals surface area contributed by atoms with E-state index >= 15 is 0 Å². The Kier molecular flexibility index (Phi) is 3.12. The first kappa shape index (κ1) is 13.5. The van der Waals surface area contributed by atoms with Crippen molar-refractivity contribution in [1.29, 1.82) is 0 Å². The van der Waals surface area contributed by atoms with Crippen LogP contribution in [0, 0.1) is 13.8 Å². The molecule has 110 valence electrons. The fourth-order valence-corrected chi connectivity index (χ4v) is 2.40. The maximum absolute atomic E-state index is 4.65. The molecular formula is C14H19N7. The number of nitrogens with zero attached hydrogens (tertiary/aromatic N) is 7. The third-order valence-corrected chi connectivity index (χ3v) is 3.29. The van der Waals surface area contributed by atoms with Crippen LogP contribution in [0.25, 0.3) is 17.2 Å². The maximum atomic E-state index is 4.65. The second-order valence-corrected chi connectivity index (χ2v) is 5.48. The summed E-state index contributed by atoms with van der Waals surface area (Å²) in [4.78, 5) is 4.52. The van der Waals surface area contributed by atoms with Crippen LogP contribution in [0.4, 0.5) is 0 Å². The van der Waals surface area contributed by atoms with Gasteiger partial charge in [-0.2, -0.15) is 15.3 Å². The van der Waals surface area contributed by atoms with E-state index in [9.17, 15) is 0 Å². The minimum atomic E-state index is 0.314. The Hall–Kier alpha value is -2.44. The van der Waals surface area contributed by atoms with E-state index in [1.165, 1.54) is 0 Å².